The average Bonchev–Trinajstić information content (AvgIpc) is 2.54. The van der Waals surface area contributed by atoms with Gasteiger partial charge in [0.25, 0.3) is 11.8 Å². The van der Waals surface area contributed by atoms with Crippen LogP contribution in [0.3, 0.4) is 0 Å². The van der Waals surface area contributed by atoms with Crippen LogP contribution in [0.15, 0.2) is 30.5 Å². The molecule has 0 spiro atoms. The second-order valence-electron chi connectivity index (χ2n) is 5.74. The van der Waals surface area contributed by atoms with Crippen LogP contribution in [0.4, 0.5) is 0 Å². The minimum absolute atomic E-state index is 0.181. The number of rotatable bonds is 3. The van der Waals surface area contributed by atoms with Crippen LogP contribution in [0.5, 0.6) is 0 Å². The number of fused-ring (bicyclic) bond motifs is 1. The molecule has 5 nitrogen and oxygen atoms in total. The highest BCUT2D eigenvalue weighted by Gasteiger charge is 2.20. The molecule has 1 aromatic heterocycles. The van der Waals surface area contributed by atoms with Gasteiger partial charge < -0.3 is 11.1 Å². The van der Waals surface area contributed by atoms with E-state index in [1.165, 1.54) is 12.6 Å². The van der Waals surface area contributed by atoms with Gasteiger partial charge >= 0.3 is 0 Å². The van der Waals surface area contributed by atoms with Crippen molar-refractivity contribution < 1.29 is 9.59 Å². The monoisotopic (exact) mass is 297 g/mol. The van der Waals surface area contributed by atoms with Crippen molar-refractivity contribution >= 4 is 22.6 Å². The zero-order valence-electron chi connectivity index (χ0n) is 12.3. The molecule has 1 heterocycles. The first-order valence-corrected chi connectivity index (χ1v) is 7.65. The first kappa shape index (κ1) is 14.5. The van der Waals surface area contributed by atoms with Gasteiger partial charge in [-0.1, -0.05) is 43.5 Å². The molecule has 0 saturated heterocycles. The Morgan fingerprint density at radius 3 is 2.45 bits per heavy atom. The van der Waals surface area contributed by atoms with Gasteiger partial charge in [-0.15, -0.1) is 0 Å². The number of primary amides is 1. The summed E-state index contributed by atoms with van der Waals surface area (Å²) in [6.07, 6.45) is 6.97. The summed E-state index contributed by atoms with van der Waals surface area (Å²) < 4.78 is 0. The second kappa shape index (κ2) is 6.13. The van der Waals surface area contributed by atoms with Crippen LogP contribution in [0, 0.1) is 0 Å². The molecule has 1 saturated carbocycles. The van der Waals surface area contributed by atoms with Gasteiger partial charge in [0, 0.05) is 17.6 Å². The van der Waals surface area contributed by atoms with Crippen LogP contribution in [0.2, 0.25) is 0 Å². The molecule has 0 unspecified atom stereocenters. The number of amides is 2. The standard InChI is InChI=1S/C17H19N3O2/c18-16(21)14-10-19-15(13-9-5-4-8-12(13)14)17(22)20-11-6-2-1-3-7-11/h4-5,8-11H,1-3,6-7H2,(H2,18,21)(H,20,22). The van der Waals surface area contributed by atoms with Crippen molar-refractivity contribution in [2.75, 3.05) is 0 Å². The highest BCUT2D eigenvalue weighted by Crippen LogP contribution is 2.22. The quantitative estimate of drug-likeness (QED) is 0.912. The van der Waals surface area contributed by atoms with Gasteiger partial charge in [-0.05, 0) is 18.2 Å². The largest absolute Gasteiger partial charge is 0.366 e. The lowest BCUT2D eigenvalue weighted by atomic mass is 9.95. The molecule has 0 radical (unpaired) electrons. The third-order valence-electron chi connectivity index (χ3n) is 4.22. The molecular weight excluding hydrogens is 278 g/mol. The fraction of sp³-hybridized carbons (Fsp3) is 0.353. The predicted octanol–water partition coefficient (Wildman–Crippen LogP) is 2.40. The third kappa shape index (κ3) is 2.79. The van der Waals surface area contributed by atoms with E-state index in [-0.39, 0.29) is 11.9 Å². The fourth-order valence-electron chi connectivity index (χ4n) is 3.07. The Morgan fingerprint density at radius 2 is 1.77 bits per heavy atom. The number of pyridine rings is 1. The molecule has 3 rings (SSSR count). The molecule has 1 aliphatic rings. The van der Waals surface area contributed by atoms with E-state index in [0.29, 0.717) is 22.0 Å². The highest BCUT2D eigenvalue weighted by molar-refractivity contribution is 6.12. The van der Waals surface area contributed by atoms with E-state index < -0.39 is 5.91 Å². The number of aromatic nitrogens is 1. The van der Waals surface area contributed by atoms with Gasteiger partial charge in [0.05, 0.1) is 5.56 Å². The first-order chi connectivity index (χ1) is 10.7. The van der Waals surface area contributed by atoms with Crippen molar-refractivity contribution in [1.82, 2.24) is 10.3 Å². The van der Waals surface area contributed by atoms with Gasteiger partial charge in [-0.3, -0.25) is 9.59 Å². The van der Waals surface area contributed by atoms with E-state index in [4.69, 9.17) is 5.73 Å². The van der Waals surface area contributed by atoms with Crippen molar-refractivity contribution in [2.45, 2.75) is 38.1 Å². The normalized spacial score (nSPS) is 15.6. The summed E-state index contributed by atoms with van der Waals surface area (Å²) >= 11 is 0. The SMILES string of the molecule is NC(=O)c1cnc(C(=O)NC2CCCCC2)c2ccccc12. The number of nitrogens with zero attached hydrogens (tertiary/aromatic N) is 1. The molecular formula is C17H19N3O2. The fourth-order valence-corrected chi connectivity index (χ4v) is 3.07. The zero-order valence-corrected chi connectivity index (χ0v) is 12.3. The Hall–Kier alpha value is -2.43. The van der Waals surface area contributed by atoms with Crippen LogP contribution in [-0.2, 0) is 0 Å². The summed E-state index contributed by atoms with van der Waals surface area (Å²) in [7, 11) is 0. The molecule has 2 amide bonds. The van der Waals surface area contributed by atoms with Crippen molar-refractivity contribution in [3.8, 4) is 0 Å². The van der Waals surface area contributed by atoms with Gasteiger partial charge in [-0.25, -0.2) is 4.98 Å². The molecule has 1 aliphatic carbocycles. The van der Waals surface area contributed by atoms with Gasteiger partial charge in [-0.2, -0.15) is 0 Å². The Bertz CT molecular complexity index is 721. The number of hydrogen-bond acceptors (Lipinski definition) is 3. The van der Waals surface area contributed by atoms with E-state index in [9.17, 15) is 9.59 Å². The van der Waals surface area contributed by atoms with Crippen LogP contribution < -0.4 is 11.1 Å². The molecule has 114 valence electrons. The molecule has 1 aromatic carbocycles. The number of nitrogens with one attached hydrogen (secondary N) is 1. The van der Waals surface area contributed by atoms with Crippen LogP contribution >= 0.6 is 0 Å². The first-order valence-electron chi connectivity index (χ1n) is 7.65. The molecule has 1 fully saturated rings. The van der Waals surface area contributed by atoms with E-state index in [1.807, 2.05) is 12.1 Å². The lowest BCUT2D eigenvalue weighted by Crippen LogP contribution is -2.36. The summed E-state index contributed by atoms with van der Waals surface area (Å²) in [6, 6.07) is 7.45. The number of carbonyl (C=O) groups excluding carboxylic acids is 2. The molecule has 3 N–H and O–H groups in total. The number of nitrogens with two attached hydrogens (primary N) is 1. The average molecular weight is 297 g/mol. The van der Waals surface area contributed by atoms with Crippen LogP contribution in [0.1, 0.15) is 53.0 Å². The molecule has 22 heavy (non-hydrogen) atoms. The lowest BCUT2D eigenvalue weighted by molar-refractivity contribution is 0.0922. The third-order valence-corrected chi connectivity index (χ3v) is 4.22. The number of hydrogen-bond donors (Lipinski definition) is 2. The summed E-state index contributed by atoms with van der Waals surface area (Å²) in [6.45, 7) is 0. The van der Waals surface area contributed by atoms with Crippen molar-refractivity contribution in [1.29, 1.82) is 0 Å². The summed E-state index contributed by atoms with van der Waals surface area (Å²) in [5.74, 6) is -0.720. The smallest absolute Gasteiger partial charge is 0.270 e. The van der Waals surface area contributed by atoms with E-state index in [1.54, 1.807) is 12.1 Å². The van der Waals surface area contributed by atoms with E-state index in [0.717, 1.165) is 25.7 Å². The van der Waals surface area contributed by atoms with Crippen LogP contribution in [0.25, 0.3) is 10.8 Å². The van der Waals surface area contributed by atoms with Crippen molar-refractivity contribution in [2.24, 2.45) is 5.73 Å². The Morgan fingerprint density at radius 1 is 1.09 bits per heavy atom. The lowest BCUT2D eigenvalue weighted by Gasteiger charge is -2.22. The maximum absolute atomic E-state index is 12.5. The minimum Gasteiger partial charge on any atom is -0.366 e. The second-order valence-corrected chi connectivity index (χ2v) is 5.74. The van der Waals surface area contributed by atoms with Gasteiger partial charge in [0.2, 0.25) is 0 Å². The molecule has 0 bridgehead atoms. The van der Waals surface area contributed by atoms with Gasteiger partial charge in [0.1, 0.15) is 5.69 Å². The Labute approximate surface area is 128 Å². The minimum atomic E-state index is -0.539. The maximum Gasteiger partial charge on any atom is 0.270 e. The van der Waals surface area contributed by atoms with Gasteiger partial charge in [0.15, 0.2) is 0 Å². The predicted molar refractivity (Wildman–Crippen MR) is 84.6 cm³/mol. The molecule has 0 aliphatic heterocycles. The Kier molecular flexibility index (Phi) is 4.04. The molecule has 0 atom stereocenters. The summed E-state index contributed by atoms with van der Waals surface area (Å²) in [5.41, 5.74) is 6.07. The maximum atomic E-state index is 12.5. The van der Waals surface area contributed by atoms with Crippen LogP contribution in [-0.4, -0.2) is 22.8 Å². The highest BCUT2D eigenvalue weighted by atomic mass is 16.2. The summed E-state index contributed by atoms with van der Waals surface area (Å²) in [5, 5.41) is 4.38. The Balaban J connectivity index is 1.95. The van der Waals surface area contributed by atoms with E-state index >= 15 is 0 Å². The zero-order chi connectivity index (χ0) is 15.5. The molecule has 5 heteroatoms. The van der Waals surface area contributed by atoms with E-state index in [2.05, 4.69) is 10.3 Å². The van der Waals surface area contributed by atoms with Crippen molar-refractivity contribution in [3.63, 3.8) is 0 Å². The van der Waals surface area contributed by atoms with Crippen molar-refractivity contribution in [3.05, 3.63) is 41.7 Å². The molecule has 2 aromatic rings. The summed E-state index contributed by atoms with van der Waals surface area (Å²) in [4.78, 5) is 28.2. The number of carbonyl (C=O) groups is 2. The number of benzene rings is 1. The topological polar surface area (TPSA) is 85.1 Å².